The summed E-state index contributed by atoms with van der Waals surface area (Å²) in [6.07, 6.45) is 0. The average molecular weight is 308 g/mol. The summed E-state index contributed by atoms with van der Waals surface area (Å²) in [6, 6.07) is 9.00. The Balaban J connectivity index is 2.47. The summed E-state index contributed by atoms with van der Waals surface area (Å²) in [5.74, 6) is 5.58. The maximum atomic E-state index is 6.14. The second kappa shape index (κ2) is 5.57. The zero-order valence-electron chi connectivity index (χ0n) is 8.58. The number of hydrogen-bond acceptors (Lipinski definition) is 3. The van der Waals surface area contributed by atoms with Crippen molar-refractivity contribution in [3.63, 3.8) is 0 Å². The molecule has 2 nitrogen and oxygen atoms in total. The van der Waals surface area contributed by atoms with Gasteiger partial charge in [-0.2, -0.15) is 0 Å². The minimum absolute atomic E-state index is 0.264. The summed E-state index contributed by atoms with van der Waals surface area (Å²) in [5, 5.41) is 0.633. The maximum absolute atomic E-state index is 6.14. The third-order valence-corrected chi connectivity index (χ3v) is 4.24. The SMILES string of the molecule is NNC(c1ccccc1Cl)c1cc(Cl)sc1Cl. The van der Waals surface area contributed by atoms with Gasteiger partial charge in [0.25, 0.3) is 0 Å². The lowest BCUT2D eigenvalue weighted by Gasteiger charge is -2.17. The maximum Gasteiger partial charge on any atom is 0.0995 e. The van der Waals surface area contributed by atoms with E-state index in [0.717, 1.165) is 11.1 Å². The fourth-order valence-electron chi connectivity index (χ4n) is 1.61. The summed E-state index contributed by atoms with van der Waals surface area (Å²) in [7, 11) is 0. The molecular formula is C11H9Cl3N2S. The standard InChI is InChI=1S/C11H9Cl3N2S/c12-8-4-2-1-3-6(8)10(16-15)7-5-9(13)17-11(7)14/h1-5,10,16H,15H2. The molecule has 0 saturated carbocycles. The number of hydrazine groups is 1. The lowest BCUT2D eigenvalue weighted by atomic mass is 10.0. The minimum Gasteiger partial charge on any atom is -0.271 e. The molecule has 1 atom stereocenters. The molecule has 0 fully saturated rings. The Kier molecular flexibility index (Phi) is 4.31. The van der Waals surface area contributed by atoms with Gasteiger partial charge in [-0.3, -0.25) is 5.84 Å². The predicted octanol–water partition coefficient (Wildman–Crippen LogP) is 4.26. The van der Waals surface area contributed by atoms with Crippen molar-refractivity contribution in [2.75, 3.05) is 0 Å². The third kappa shape index (κ3) is 2.76. The van der Waals surface area contributed by atoms with E-state index in [2.05, 4.69) is 5.43 Å². The number of nitrogens with two attached hydrogens (primary N) is 1. The van der Waals surface area contributed by atoms with Crippen LogP contribution in [-0.4, -0.2) is 0 Å². The molecule has 1 aromatic carbocycles. The third-order valence-electron chi connectivity index (χ3n) is 2.38. The van der Waals surface area contributed by atoms with Crippen LogP contribution in [0.15, 0.2) is 30.3 Å². The van der Waals surface area contributed by atoms with Gasteiger partial charge in [0.1, 0.15) is 0 Å². The van der Waals surface area contributed by atoms with Crippen LogP contribution in [0.3, 0.4) is 0 Å². The van der Waals surface area contributed by atoms with Crippen molar-refractivity contribution in [2.24, 2.45) is 5.84 Å². The van der Waals surface area contributed by atoms with Gasteiger partial charge in [0, 0.05) is 10.6 Å². The molecule has 17 heavy (non-hydrogen) atoms. The first-order chi connectivity index (χ1) is 8.13. The monoisotopic (exact) mass is 306 g/mol. The zero-order chi connectivity index (χ0) is 12.4. The van der Waals surface area contributed by atoms with E-state index in [0.29, 0.717) is 13.7 Å². The summed E-state index contributed by atoms with van der Waals surface area (Å²) < 4.78 is 1.23. The molecule has 90 valence electrons. The normalized spacial score (nSPS) is 12.7. The zero-order valence-corrected chi connectivity index (χ0v) is 11.7. The highest BCUT2D eigenvalue weighted by Gasteiger charge is 2.20. The number of nitrogens with one attached hydrogen (secondary N) is 1. The fourth-order valence-corrected chi connectivity index (χ4v) is 3.38. The van der Waals surface area contributed by atoms with E-state index in [-0.39, 0.29) is 6.04 Å². The van der Waals surface area contributed by atoms with E-state index in [1.807, 2.05) is 24.3 Å². The number of benzene rings is 1. The number of thiophene rings is 1. The average Bonchev–Trinajstić information content (AvgIpc) is 2.62. The molecule has 1 unspecified atom stereocenters. The molecule has 1 heterocycles. The quantitative estimate of drug-likeness (QED) is 0.657. The Morgan fingerprint density at radius 1 is 1.12 bits per heavy atom. The highest BCUT2D eigenvalue weighted by Crippen LogP contribution is 2.38. The largest absolute Gasteiger partial charge is 0.271 e. The second-order valence-corrected chi connectivity index (χ2v) is 6.09. The molecule has 0 saturated heterocycles. The van der Waals surface area contributed by atoms with Crippen LogP contribution in [0.1, 0.15) is 17.2 Å². The van der Waals surface area contributed by atoms with Crippen LogP contribution in [-0.2, 0) is 0 Å². The van der Waals surface area contributed by atoms with Crippen molar-refractivity contribution in [3.05, 3.63) is 55.2 Å². The van der Waals surface area contributed by atoms with Crippen molar-refractivity contribution in [1.82, 2.24) is 5.43 Å². The van der Waals surface area contributed by atoms with Crippen molar-refractivity contribution in [3.8, 4) is 0 Å². The topological polar surface area (TPSA) is 38.0 Å². The van der Waals surface area contributed by atoms with Crippen LogP contribution >= 0.6 is 46.1 Å². The Morgan fingerprint density at radius 3 is 2.35 bits per heavy atom. The van der Waals surface area contributed by atoms with E-state index in [4.69, 9.17) is 40.6 Å². The van der Waals surface area contributed by atoms with Crippen molar-refractivity contribution < 1.29 is 0 Å². The smallest absolute Gasteiger partial charge is 0.0995 e. The predicted molar refractivity (Wildman–Crippen MR) is 75.0 cm³/mol. The van der Waals surface area contributed by atoms with E-state index in [1.165, 1.54) is 11.3 Å². The molecule has 0 spiro atoms. The van der Waals surface area contributed by atoms with Crippen LogP contribution in [0.4, 0.5) is 0 Å². The Labute approximate surface area is 118 Å². The second-order valence-electron chi connectivity index (χ2n) is 3.40. The Bertz CT molecular complexity index is 527. The van der Waals surface area contributed by atoms with Gasteiger partial charge in [0.2, 0.25) is 0 Å². The van der Waals surface area contributed by atoms with Crippen LogP contribution in [0.25, 0.3) is 0 Å². The molecule has 3 N–H and O–H groups in total. The molecule has 0 aliphatic rings. The molecule has 0 aliphatic carbocycles. The fraction of sp³-hybridized carbons (Fsp3) is 0.0909. The van der Waals surface area contributed by atoms with E-state index >= 15 is 0 Å². The van der Waals surface area contributed by atoms with Gasteiger partial charge in [-0.05, 0) is 17.7 Å². The molecule has 2 aromatic rings. The van der Waals surface area contributed by atoms with Gasteiger partial charge in [0.15, 0.2) is 0 Å². The van der Waals surface area contributed by atoms with Crippen LogP contribution in [0, 0.1) is 0 Å². The summed E-state index contributed by atoms with van der Waals surface area (Å²) in [6.45, 7) is 0. The molecular weight excluding hydrogens is 299 g/mol. The van der Waals surface area contributed by atoms with Gasteiger partial charge >= 0.3 is 0 Å². The molecule has 0 radical (unpaired) electrons. The summed E-state index contributed by atoms with van der Waals surface area (Å²) >= 11 is 19.5. The Morgan fingerprint density at radius 2 is 1.82 bits per heavy atom. The highest BCUT2D eigenvalue weighted by atomic mass is 35.5. The van der Waals surface area contributed by atoms with E-state index in [9.17, 15) is 0 Å². The molecule has 1 aromatic heterocycles. The van der Waals surface area contributed by atoms with E-state index in [1.54, 1.807) is 6.07 Å². The number of halogens is 3. The van der Waals surface area contributed by atoms with Gasteiger partial charge in [-0.25, -0.2) is 5.43 Å². The molecule has 6 heteroatoms. The molecule has 2 rings (SSSR count). The first kappa shape index (κ1) is 13.1. The van der Waals surface area contributed by atoms with Crippen LogP contribution < -0.4 is 11.3 Å². The highest BCUT2D eigenvalue weighted by molar-refractivity contribution is 7.20. The van der Waals surface area contributed by atoms with Gasteiger partial charge in [0.05, 0.1) is 14.7 Å². The van der Waals surface area contributed by atoms with E-state index < -0.39 is 0 Å². The lowest BCUT2D eigenvalue weighted by molar-refractivity contribution is 0.639. The van der Waals surface area contributed by atoms with Crippen molar-refractivity contribution >= 4 is 46.1 Å². The molecule has 0 aliphatic heterocycles. The van der Waals surface area contributed by atoms with Crippen molar-refractivity contribution in [1.29, 1.82) is 0 Å². The Hall–Kier alpha value is -0.290. The number of hydrogen-bond donors (Lipinski definition) is 2. The molecule has 0 amide bonds. The van der Waals surface area contributed by atoms with Crippen molar-refractivity contribution in [2.45, 2.75) is 6.04 Å². The first-order valence-corrected chi connectivity index (χ1v) is 6.73. The minimum atomic E-state index is -0.264. The van der Waals surface area contributed by atoms with Crippen LogP contribution in [0.2, 0.25) is 13.7 Å². The summed E-state index contributed by atoms with van der Waals surface area (Å²) in [4.78, 5) is 0. The van der Waals surface area contributed by atoms with Gasteiger partial charge in [-0.15, -0.1) is 11.3 Å². The number of rotatable bonds is 3. The lowest BCUT2D eigenvalue weighted by Crippen LogP contribution is -2.28. The van der Waals surface area contributed by atoms with Gasteiger partial charge in [-0.1, -0.05) is 53.0 Å². The molecule has 0 bridgehead atoms. The summed E-state index contributed by atoms with van der Waals surface area (Å²) in [5.41, 5.74) is 4.41. The van der Waals surface area contributed by atoms with Gasteiger partial charge < -0.3 is 0 Å². The van der Waals surface area contributed by atoms with Crippen LogP contribution in [0.5, 0.6) is 0 Å². The first-order valence-electron chi connectivity index (χ1n) is 4.78.